The summed E-state index contributed by atoms with van der Waals surface area (Å²) in [6.07, 6.45) is 0. The summed E-state index contributed by atoms with van der Waals surface area (Å²) in [5.41, 5.74) is -0.145. The van der Waals surface area contributed by atoms with Gasteiger partial charge in [0, 0.05) is 49.0 Å². The molecule has 8 aromatic carbocycles. The van der Waals surface area contributed by atoms with Crippen LogP contribution < -0.4 is 0 Å². The number of aromatic nitrogens is 5. The van der Waals surface area contributed by atoms with Crippen LogP contribution in [0.5, 0.6) is 0 Å². The smallest absolute Gasteiger partial charge is 0.238 e. The van der Waals surface area contributed by atoms with E-state index in [4.69, 9.17) is 39.9 Å². The van der Waals surface area contributed by atoms with Gasteiger partial charge in [0.2, 0.25) is 5.95 Å². The molecule has 0 aliphatic heterocycles. The van der Waals surface area contributed by atoms with E-state index in [0.717, 1.165) is 10.8 Å². The van der Waals surface area contributed by atoms with Gasteiger partial charge in [0.1, 0.15) is 11.2 Å². The molecule has 6 nitrogen and oxygen atoms in total. The maximum Gasteiger partial charge on any atom is 0.238 e. The number of fused-ring (bicyclic) bond motifs is 9. The van der Waals surface area contributed by atoms with Gasteiger partial charge in [-0.2, -0.15) is 9.97 Å². The van der Waals surface area contributed by atoms with E-state index in [1.165, 1.54) is 11.5 Å². The lowest BCUT2D eigenvalue weighted by Gasteiger charge is -2.16. The van der Waals surface area contributed by atoms with Gasteiger partial charge in [0.25, 0.3) is 0 Å². The minimum absolute atomic E-state index is 0.0364. The van der Waals surface area contributed by atoms with Crippen molar-refractivity contribution < 1.29 is 29.1 Å². The first-order valence-electron chi connectivity index (χ1n) is 27.1. The Labute approximate surface area is 358 Å². The van der Waals surface area contributed by atoms with E-state index in [-0.39, 0.29) is 89.3 Å². The third kappa shape index (κ3) is 4.75. The van der Waals surface area contributed by atoms with E-state index in [1.807, 2.05) is 48.5 Å². The van der Waals surface area contributed by atoms with Crippen LogP contribution in [0, 0.1) is 6.92 Å². The first-order valence-corrected chi connectivity index (χ1v) is 18.1. The molecule has 0 spiro atoms. The molecule has 0 amide bonds. The van der Waals surface area contributed by atoms with Crippen LogP contribution in [0.25, 0.3) is 111 Å². The Kier molecular flexibility index (Phi) is 4.20. The number of hydrogen-bond donors (Lipinski definition) is 0. The van der Waals surface area contributed by atoms with Gasteiger partial charge in [0.05, 0.1) is 52.4 Å². The summed E-state index contributed by atoms with van der Waals surface area (Å²) in [5.74, 6) is -0.423. The highest BCUT2D eigenvalue weighted by atomic mass is 16.3. The fraction of sp³-hybridized carbons (Fsp3) is 0.0192. The van der Waals surface area contributed by atoms with Gasteiger partial charge in [-0.05, 0) is 66.5 Å². The molecule has 0 N–H and O–H groups in total. The SMILES string of the molecule is [2H]c1c([2H])c([2H])c(-c2c([2H])c(-c3nc(-c4ccccc4-n4c5c([2H])c([2H])c([2H])c([2H])c5c5c([2H])c([2H])c([2H])c([2H])c54)nc(-n4c5ccccc5c5ccccc54)n3)c(C)c3oc4c([2H])c([2H])c([2H])c([2H])c4c23)c([2H])c1[2H]. The van der Waals surface area contributed by atoms with E-state index < -0.39 is 114 Å². The third-order valence-electron chi connectivity index (χ3n) is 10.3. The first-order chi connectivity index (χ1) is 36.2. The van der Waals surface area contributed by atoms with Crippen molar-refractivity contribution in [3.05, 3.63) is 187 Å². The van der Waals surface area contributed by atoms with Crippen molar-refractivity contribution in [3.8, 4) is 45.5 Å². The Balaban J connectivity index is 1.28. The molecule has 0 atom stereocenters. The molecule has 12 aromatic rings. The van der Waals surface area contributed by atoms with Gasteiger partial charge in [0.15, 0.2) is 11.6 Å². The fourth-order valence-electron chi connectivity index (χ4n) is 7.86. The molecule has 0 aliphatic rings. The second kappa shape index (κ2) is 12.6. The van der Waals surface area contributed by atoms with Crippen molar-refractivity contribution in [2.45, 2.75) is 6.92 Å². The van der Waals surface area contributed by atoms with Crippen molar-refractivity contribution in [1.29, 1.82) is 0 Å². The highest BCUT2D eigenvalue weighted by Gasteiger charge is 2.24. The lowest BCUT2D eigenvalue weighted by atomic mass is 9.93. The highest BCUT2D eigenvalue weighted by Crippen LogP contribution is 2.43. The molecule has 0 fully saturated rings. The van der Waals surface area contributed by atoms with Crippen molar-refractivity contribution in [1.82, 2.24) is 24.1 Å². The van der Waals surface area contributed by atoms with Crippen molar-refractivity contribution in [3.63, 3.8) is 0 Å². The zero-order valence-electron chi connectivity index (χ0n) is 48.1. The molecule has 4 heterocycles. The molecular weight excluding hydrogens is 711 g/mol. The van der Waals surface area contributed by atoms with Crippen LogP contribution >= 0.6 is 0 Å². The van der Waals surface area contributed by atoms with Crippen LogP contribution in [0.2, 0.25) is 0 Å². The van der Waals surface area contributed by atoms with Crippen LogP contribution in [-0.4, -0.2) is 24.1 Å². The van der Waals surface area contributed by atoms with Crippen molar-refractivity contribution in [2.24, 2.45) is 0 Å². The lowest BCUT2D eigenvalue weighted by Crippen LogP contribution is -2.08. The van der Waals surface area contributed by atoms with Crippen LogP contribution in [-0.2, 0) is 0 Å². The molecule has 4 aromatic heterocycles. The van der Waals surface area contributed by atoms with Gasteiger partial charge >= 0.3 is 0 Å². The Morgan fingerprint density at radius 1 is 0.483 bits per heavy atom. The van der Waals surface area contributed by atoms with E-state index >= 15 is 0 Å². The van der Waals surface area contributed by atoms with Crippen LogP contribution in [0.1, 0.15) is 30.2 Å². The number of benzene rings is 8. The number of para-hydroxylation sites is 6. The second-order valence-corrected chi connectivity index (χ2v) is 13.5. The van der Waals surface area contributed by atoms with E-state index in [9.17, 15) is 4.11 Å². The van der Waals surface area contributed by atoms with Gasteiger partial charge in [-0.25, -0.2) is 4.98 Å². The minimum atomic E-state index is -0.743. The molecule has 6 heteroatoms. The average Bonchev–Trinajstić information content (AvgIpc) is 4.29. The topological polar surface area (TPSA) is 61.7 Å². The van der Waals surface area contributed by atoms with Gasteiger partial charge in [-0.3, -0.25) is 4.57 Å². The summed E-state index contributed by atoms with van der Waals surface area (Å²) < 4.78 is 170. The summed E-state index contributed by atoms with van der Waals surface area (Å²) in [4.78, 5) is 15.2. The number of hydrogen-bond acceptors (Lipinski definition) is 4. The van der Waals surface area contributed by atoms with Crippen molar-refractivity contribution in [2.75, 3.05) is 0 Å². The summed E-state index contributed by atoms with van der Waals surface area (Å²) in [6.45, 7) is 1.54. The number of nitrogens with zero attached hydrogens (tertiary/aromatic N) is 5. The Bertz CT molecular complexity index is 4500. The van der Waals surface area contributed by atoms with Gasteiger partial charge in [-0.1, -0.05) is 133 Å². The first kappa shape index (κ1) is 19.4. The molecule has 0 bridgehead atoms. The van der Waals surface area contributed by atoms with Gasteiger partial charge < -0.3 is 8.98 Å². The molecular formula is C52H33N5O. The molecule has 0 saturated heterocycles. The molecule has 58 heavy (non-hydrogen) atoms. The normalized spacial score (nSPS) is 16.2. The maximum atomic E-state index is 10.2. The van der Waals surface area contributed by atoms with Crippen LogP contribution in [0.15, 0.2) is 186 Å². The number of furan rings is 1. The number of rotatable bonds is 5. The van der Waals surface area contributed by atoms with Crippen molar-refractivity contribution >= 4 is 65.6 Å². The average molecular weight is 762 g/mol. The summed E-state index contributed by atoms with van der Waals surface area (Å²) >= 11 is 0. The third-order valence-corrected chi connectivity index (χ3v) is 10.3. The van der Waals surface area contributed by atoms with Crippen LogP contribution in [0.4, 0.5) is 0 Å². The zero-order valence-corrected chi connectivity index (χ0v) is 30.1. The molecule has 0 saturated carbocycles. The summed E-state index contributed by atoms with van der Waals surface area (Å²) in [7, 11) is 0. The largest absolute Gasteiger partial charge is 0.456 e. The standard InChI is InChI=1S/C52H33N5O/c1-32-40(31-41(33-17-3-2-4-18-33)48-39-24-10-16-30-47(39)58-49(32)48)51-53-50(54-52(55-51)57-44-27-13-7-21-36(44)37-22-8-14-28-45(37)57)38-23-9-15-29-46(38)56-42-25-11-5-19-34(42)35-20-6-12-26-43(35)56/h2-31H,1H3/i2D,3D,4D,5D,6D,10D,11D,12D,16D,17D,18D,19D,20D,24D,25D,26D,30D,31D. The van der Waals surface area contributed by atoms with Gasteiger partial charge in [-0.15, -0.1) is 0 Å². The molecule has 0 aliphatic carbocycles. The minimum Gasteiger partial charge on any atom is -0.456 e. The quantitative estimate of drug-likeness (QED) is 0.175. The summed E-state index contributed by atoms with van der Waals surface area (Å²) in [6, 6.07) is 10.0. The zero-order chi connectivity index (χ0) is 54.0. The van der Waals surface area contributed by atoms with Crippen LogP contribution in [0.3, 0.4) is 0 Å². The highest BCUT2D eigenvalue weighted by molar-refractivity contribution is 6.15. The Morgan fingerprint density at radius 3 is 1.76 bits per heavy atom. The number of aryl methyl sites for hydroxylation is 1. The predicted octanol–water partition coefficient (Wildman–Crippen LogP) is 13.3. The second-order valence-electron chi connectivity index (χ2n) is 13.5. The Morgan fingerprint density at radius 2 is 1.05 bits per heavy atom. The molecule has 272 valence electrons. The molecule has 12 rings (SSSR count). The summed E-state index contributed by atoms with van der Waals surface area (Å²) in [5, 5.41) is 0.945. The molecule has 0 radical (unpaired) electrons. The Hall–Kier alpha value is -7.83. The van der Waals surface area contributed by atoms with E-state index in [2.05, 4.69) is 0 Å². The van der Waals surface area contributed by atoms with E-state index in [0.29, 0.717) is 11.0 Å². The molecule has 0 unspecified atom stereocenters. The predicted molar refractivity (Wildman–Crippen MR) is 237 cm³/mol. The maximum absolute atomic E-state index is 10.2. The fourth-order valence-corrected chi connectivity index (χ4v) is 7.86. The lowest BCUT2D eigenvalue weighted by molar-refractivity contribution is 0.666. The monoisotopic (exact) mass is 761 g/mol. The van der Waals surface area contributed by atoms with E-state index in [1.54, 1.807) is 28.8 Å².